The SMILES string of the molecule is C[C@H]1CCCCN1S(=O)(=O)c1ccc(C(=O)Oc2ccc3c(c2)OCO3)cc1. The van der Waals surface area contributed by atoms with Crippen LogP contribution in [-0.4, -0.2) is 38.1 Å². The van der Waals surface area contributed by atoms with Crippen molar-refractivity contribution in [2.45, 2.75) is 37.1 Å². The molecule has 1 atom stereocenters. The molecule has 2 aromatic rings. The van der Waals surface area contributed by atoms with Gasteiger partial charge in [0.2, 0.25) is 16.8 Å². The molecule has 4 rings (SSSR count). The van der Waals surface area contributed by atoms with Crippen LogP contribution in [0.5, 0.6) is 17.2 Å². The highest BCUT2D eigenvalue weighted by atomic mass is 32.2. The summed E-state index contributed by atoms with van der Waals surface area (Å²) >= 11 is 0. The molecule has 0 N–H and O–H groups in total. The second kappa shape index (κ2) is 7.44. The molecule has 28 heavy (non-hydrogen) atoms. The van der Waals surface area contributed by atoms with Crippen LogP contribution in [0.1, 0.15) is 36.5 Å². The highest BCUT2D eigenvalue weighted by Crippen LogP contribution is 2.35. The molecule has 0 unspecified atom stereocenters. The number of hydrogen-bond acceptors (Lipinski definition) is 6. The Morgan fingerprint density at radius 2 is 1.82 bits per heavy atom. The molecule has 2 heterocycles. The maximum absolute atomic E-state index is 12.9. The van der Waals surface area contributed by atoms with Gasteiger partial charge in [0.05, 0.1) is 10.5 Å². The molecule has 2 aliphatic heterocycles. The Morgan fingerprint density at radius 3 is 2.57 bits per heavy atom. The molecule has 8 heteroatoms. The molecule has 0 amide bonds. The summed E-state index contributed by atoms with van der Waals surface area (Å²) in [5, 5.41) is 0. The normalized spacial score (nSPS) is 19.4. The maximum atomic E-state index is 12.9. The third-order valence-electron chi connectivity index (χ3n) is 4.99. The van der Waals surface area contributed by atoms with E-state index in [4.69, 9.17) is 14.2 Å². The minimum Gasteiger partial charge on any atom is -0.454 e. The van der Waals surface area contributed by atoms with Crippen LogP contribution >= 0.6 is 0 Å². The average Bonchev–Trinajstić information content (AvgIpc) is 3.16. The summed E-state index contributed by atoms with van der Waals surface area (Å²) < 4.78 is 43.1. The molecule has 0 aromatic heterocycles. The predicted molar refractivity (Wildman–Crippen MR) is 101 cm³/mol. The van der Waals surface area contributed by atoms with E-state index in [1.54, 1.807) is 18.2 Å². The summed E-state index contributed by atoms with van der Waals surface area (Å²) in [6.07, 6.45) is 2.76. The summed E-state index contributed by atoms with van der Waals surface area (Å²) in [6, 6.07) is 10.7. The number of rotatable bonds is 4. The van der Waals surface area contributed by atoms with Crippen LogP contribution in [0, 0.1) is 0 Å². The molecule has 0 radical (unpaired) electrons. The van der Waals surface area contributed by atoms with E-state index in [1.807, 2.05) is 6.92 Å². The fourth-order valence-corrected chi connectivity index (χ4v) is 5.13. The van der Waals surface area contributed by atoms with Crippen molar-refractivity contribution in [1.29, 1.82) is 0 Å². The number of ether oxygens (including phenoxy) is 3. The third-order valence-corrected chi connectivity index (χ3v) is 7.02. The number of benzene rings is 2. The van der Waals surface area contributed by atoms with Gasteiger partial charge in [-0.05, 0) is 56.2 Å². The summed E-state index contributed by atoms with van der Waals surface area (Å²) in [4.78, 5) is 12.6. The monoisotopic (exact) mass is 403 g/mol. The van der Waals surface area contributed by atoms with E-state index in [0.717, 1.165) is 19.3 Å². The number of hydrogen-bond donors (Lipinski definition) is 0. The van der Waals surface area contributed by atoms with Crippen molar-refractivity contribution < 1.29 is 27.4 Å². The van der Waals surface area contributed by atoms with Gasteiger partial charge in [-0.2, -0.15) is 4.31 Å². The Kier molecular flexibility index (Phi) is 4.99. The molecule has 0 spiro atoms. The Balaban J connectivity index is 1.49. The lowest BCUT2D eigenvalue weighted by Crippen LogP contribution is -2.41. The molecular weight excluding hydrogens is 382 g/mol. The number of fused-ring (bicyclic) bond motifs is 1. The van der Waals surface area contributed by atoms with Crippen LogP contribution < -0.4 is 14.2 Å². The Labute approximate surface area is 163 Å². The second-order valence-corrected chi connectivity index (χ2v) is 8.78. The Bertz CT molecular complexity index is 986. The first-order valence-corrected chi connectivity index (χ1v) is 10.6. The van der Waals surface area contributed by atoms with Crippen LogP contribution in [0.15, 0.2) is 47.4 Å². The fraction of sp³-hybridized carbons (Fsp3) is 0.350. The van der Waals surface area contributed by atoms with Gasteiger partial charge in [-0.3, -0.25) is 0 Å². The smallest absolute Gasteiger partial charge is 0.343 e. The van der Waals surface area contributed by atoms with Gasteiger partial charge in [-0.25, -0.2) is 13.2 Å². The largest absolute Gasteiger partial charge is 0.454 e. The maximum Gasteiger partial charge on any atom is 0.343 e. The molecule has 2 aliphatic rings. The number of nitrogens with zero attached hydrogens (tertiary/aromatic N) is 1. The first-order valence-electron chi connectivity index (χ1n) is 9.19. The summed E-state index contributed by atoms with van der Waals surface area (Å²) in [5.41, 5.74) is 0.267. The quantitative estimate of drug-likeness (QED) is 0.576. The van der Waals surface area contributed by atoms with Gasteiger partial charge in [0.1, 0.15) is 5.75 Å². The van der Waals surface area contributed by atoms with Crippen molar-refractivity contribution >= 4 is 16.0 Å². The van der Waals surface area contributed by atoms with Crippen molar-refractivity contribution in [1.82, 2.24) is 4.31 Å². The number of esters is 1. The molecule has 0 bridgehead atoms. The van der Waals surface area contributed by atoms with Crippen LogP contribution in [-0.2, 0) is 10.0 Å². The van der Waals surface area contributed by atoms with Gasteiger partial charge in [0.15, 0.2) is 11.5 Å². The van der Waals surface area contributed by atoms with Crippen molar-refractivity contribution in [3.63, 3.8) is 0 Å². The average molecular weight is 403 g/mol. The van der Waals surface area contributed by atoms with Gasteiger partial charge in [-0.15, -0.1) is 0 Å². The van der Waals surface area contributed by atoms with Crippen molar-refractivity contribution in [2.24, 2.45) is 0 Å². The molecule has 7 nitrogen and oxygen atoms in total. The van der Waals surface area contributed by atoms with Crippen molar-refractivity contribution in [2.75, 3.05) is 13.3 Å². The molecule has 0 saturated carbocycles. The summed E-state index contributed by atoms with van der Waals surface area (Å²) in [7, 11) is -3.57. The predicted octanol–water partition coefficient (Wildman–Crippen LogP) is 3.20. The second-order valence-electron chi connectivity index (χ2n) is 6.89. The number of piperidine rings is 1. The van der Waals surface area contributed by atoms with E-state index in [1.165, 1.54) is 28.6 Å². The molecular formula is C20H21NO6S. The standard InChI is InChI=1S/C20H21NO6S/c1-14-4-2-3-11-21(14)28(23,24)17-8-5-15(6-9-17)20(22)27-16-7-10-18-19(12-16)26-13-25-18/h5-10,12,14H,2-4,11,13H2,1H3/t14-/m0/s1. The highest BCUT2D eigenvalue weighted by molar-refractivity contribution is 7.89. The lowest BCUT2D eigenvalue weighted by molar-refractivity contribution is 0.0734. The lowest BCUT2D eigenvalue weighted by atomic mass is 10.1. The summed E-state index contributed by atoms with van der Waals surface area (Å²) in [6.45, 7) is 2.59. The van der Waals surface area contributed by atoms with E-state index < -0.39 is 16.0 Å². The zero-order valence-corrected chi connectivity index (χ0v) is 16.3. The Morgan fingerprint density at radius 1 is 1.07 bits per heavy atom. The molecule has 2 aromatic carbocycles. The summed E-state index contributed by atoms with van der Waals surface area (Å²) in [5.74, 6) is 0.867. The van der Waals surface area contributed by atoms with Crippen LogP contribution in [0.4, 0.5) is 0 Å². The van der Waals surface area contributed by atoms with Crippen LogP contribution in [0.3, 0.4) is 0 Å². The zero-order valence-electron chi connectivity index (χ0n) is 15.5. The van der Waals surface area contributed by atoms with Gasteiger partial charge >= 0.3 is 5.97 Å². The van der Waals surface area contributed by atoms with E-state index in [9.17, 15) is 13.2 Å². The van der Waals surface area contributed by atoms with Crippen molar-refractivity contribution in [3.8, 4) is 17.2 Å². The number of carbonyl (C=O) groups is 1. The number of carbonyl (C=O) groups excluding carboxylic acids is 1. The van der Waals surface area contributed by atoms with Gasteiger partial charge < -0.3 is 14.2 Å². The molecule has 148 valence electrons. The van der Waals surface area contributed by atoms with Crippen LogP contribution in [0.25, 0.3) is 0 Å². The van der Waals surface area contributed by atoms with E-state index in [-0.39, 0.29) is 23.3 Å². The fourth-order valence-electron chi connectivity index (χ4n) is 3.43. The lowest BCUT2D eigenvalue weighted by Gasteiger charge is -2.32. The molecule has 1 fully saturated rings. The zero-order chi connectivity index (χ0) is 19.7. The Hall–Kier alpha value is -2.58. The minimum absolute atomic E-state index is 0.0191. The topological polar surface area (TPSA) is 82.1 Å². The van der Waals surface area contributed by atoms with Gasteiger partial charge in [0, 0.05) is 18.7 Å². The molecule has 1 saturated heterocycles. The number of sulfonamides is 1. The first-order chi connectivity index (χ1) is 13.4. The van der Waals surface area contributed by atoms with E-state index >= 15 is 0 Å². The van der Waals surface area contributed by atoms with E-state index in [0.29, 0.717) is 23.8 Å². The minimum atomic E-state index is -3.57. The van der Waals surface area contributed by atoms with Gasteiger partial charge in [0.25, 0.3) is 0 Å². The third kappa shape index (κ3) is 3.57. The van der Waals surface area contributed by atoms with Crippen molar-refractivity contribution in [3.05, 3.63) is 48.0 Å². The van der Waals surface area contributed by atoms with Gasteiger partial charge in [-0.1, -0.05) is 6.42 Å². The first kappa shape index (κ1) is 18.8. The highest BCUT2D eigenvalue weighted by Gasteiger charge is 2.31. The molecule has 0 aliphatic carbocycles. The van der Waals surface area contributed by atoms with E-state index in [2.05, 4.69) is 0 Å². The van der Waals surface area contributed by atoms with Crippen LogP contribution in [0.2, 0.25) is 0 Å².